The highest BCUT2D eigenvalue weighted by Gasteiger charge is 2.14. The van der Waals surface area contributed by atoms with Crippen LogP contribution in [0, 0.1) is 5.82 Å². The van der Waals surface area contributed by atoms with E-state index in [-0.39, 0.29) is 17.9 Å². The second-order valence-corrected chi connectivity index (χ2v) is 7.38. The first kappa shape index (κ1) is 18.3. The summed E-state index contributed by atoms with van der Waals surface area (Å²) in [5.41, 5.74) is 1.92. The van der Waals surface area contributed by atoms with Crippen molar-refractivity contribution in [2.75, 3.05) is 7.11 Å². The number of rotatable bonds is 5. The number of benzene rings is 2. The first-order valence-electron chi connectivity index (χ1n) is 8.62. The largest absolute Gasteiger partial charge is 0.497 e. The first-order chi connectivity index (χ1) is 13.5. The fraction of sp³-hybridized carbons (Fsp3) is 0.143. The zero-order chi connectivity index (χ0) is 19.7. The van der Waals surface area contributed by atoms with Crippen LogP contribution in [-0.2, 0) is 6.54 Å². The Morgan fingerprint density at radius 3 is 2.57 bits per heavy atom. The zero-order valence-electron chi connectivity index (χ0n) is 15.0. The Hall–Kier alpha value is -3.03. The third-order valence-corrected chi connectivity index (χ3v) is 5.66. The molecule has 4 aromatic rings. The predicted octanol–water partition coefficient (Wildman–Crippen LogP) is 4.01. The number of aromatic nitrogens is 2. The molecule has 2 heterocycles. The molecule has 4 rings (SSSR count). The van der Waals surface area contributed by atoms with Gasteiger partial charge in [-0.3, -0.25) is 9.36 Å². The Labute approximate surface area is 164 Å². The summed E-state index contributed by atoms with van der Waals surface area (Å²) >= 11 is 1.36. The second-order valence-electron chi connectivity index (χ2n) is 6.32. The van der Waals surface area contributed by atoms with Gasteiger partial charge in [-0.2, -0.15) is 0 Å². The quantitative estimate of drug-likeness (QED) is 0.554. The molecule has 28 heavy (non-hydrogen) atoms. The topological polar surface area (TPSA) is 64.3 Å². The maximum Gasteiger partial charge on any atom is 0.271 e. The maximum atomic E-state index is 13.0. The summed E-state index contributed by atoms with van der Waals surface area (Å²) in [6, 6.07) is 15.0. The average Bonchev–Trinajstić information content (AvgIpc) is 3.16. The van der Waals surface area contributed by atoms with Gasteiger partial charge in [-0.25, -0.2) is 9.37 Å². The summed E-state index contributed by atoms with van der Waals surface area (Å²) in [7, 11) is 1.61. The van der Waals surface area contributed by atoms with Crippen molar-refractivity contribution in [3.8, 4) is 16.2 Å². The van der Waals surface area contributed by atoms with Crippen molar-refractivity contribution in [2.24, 2.45) is 0 Å². The molecule has 2 aromatic carbocycles. The fourth-order valence-corrected chi connectivity index (χ4v) is 4.01. The van der Waals surface area contributed by atoms with Crippen molar-refractivity contribution in [3.05, 3.63) is 82.7 Å². The van der Waals surface area contributed by atoms with Crippen LogP contribution in [0.15, 0.2) is 65.7 Å². The predicted molar refractivity (Wildman–Crippen MR) is 107 cm³/mol. The molecule has 0 radical (unpaired) electrons. The number of methoxy groups -OCH3 is 1. The Bertz CT molecular complexity index is 1170. The number of thiophene rings is 1. The number of aliphatic hydroxyl groups is 1. The molecular weight excluding hydrogens is 379 g/mol. The molecule has 0 spiro atoms. The summed E-state index contributed by atoms with van der Waals surface area (Å²) in [5.74, 6) is 0.390. The van der Waals surface area contributed by atoms with Gasteiger partial charge in [0.25, 0.3) is 5.56 Å². The SMILES string of the molecule is COc1ccc(-c2cc3ncn(C[C@@H](O)c4ccc(F)cc4)c(=O)c3s2)cc1. The molecule has 2 aromatic heterocycles. The number of fused-ring (bicyclic) bond motifs is 1. The molecular formula is C21H17FN2O3S. The molecule has 0 aliphatic carbocycles. The lowest BCUT2D eigenvalue weighted by atomic mass is 10.1. The number of hydrogen-bond acceptors (Lipinski definition) is 5. The summed E-state index contributed by atoms with van der Waals surface area (Å²) in [5, 5.41) is 10.4. The lowest BCUT2D eigenvalue weighted by molar-refractivity contribution is 0.155. The molecule has 0 unspecified atom stereocenters. The molecule has 0 saturated carbocycles. The normalized spacial score (nSPS) is 12.2. The number of ether oxygens (including phenoxy) is 1. The molecule has 0 bridgehead atoms. The van der Waals surface area contributed by atoms with Gasteiger partial charge in [0.15, 0.2) is 0 Å². The fourth-order valence-electron chi connectivity index (χ4n) is 2.95. The van der Waals surface area contributed by atoms with Crippen LogP contribution in [0.1, 0.15) is 11.7 Å². The highest BCUT2D eigenvalue weighted by atomic mass is 32.1. The Morgan fingerprint density at radius 1 is 1.18 bits per heavy atom. The van der Waals surface area contributed by atoms with E-state index in [0.717, 1.165) is 16.2 Å². The minimum absolute atomic E-state index is 0.0448. The van der Waals surface area contributed by atoms with Gasteiger partial charge in [-0.05, 0) is 53.6 Å². The summed E-state index contributed by atoms with van der Waals surface area (Å²) in [6.45, 7) is 0.0448. The van der Waals surface area contributed by atoms with Crippen molar-refractivity contribution < 1.29 is 14.2 Å². The van der Waals surface area contributed by atoms with Crippen LogP contribution in [0.5, 0.6) is 5.75 Å². The van der Waals surface area contributed by atoms with Crippen molar-refractivity contribution >= 4 is 21.6 Å². The van der Waals surface area contributed by atoms with E-state index in [1.165, 1.54) is 46.5 Å². The Kier molecular flexibility index (Phi) is 4.93. The Balaban J connectivity index is 1.64. The second kappa shape index (κ2) is 7.53. The van der Waals surface area contributed by atoms with Gasteiger partial charge in [0, 0.05) is 4.88 Å². The average molecular weight is 396 g/mol. The van der Waals surface area contributed by atoms with E-state index in [2.05, 4.69) is 4.98 Å². The van der Waals surface area contributed by atoms with Crippen LogP contribution in [0.3, 0.4) is 0 Å². The van der Waals surface area contributed by atoms with Gasteiger partial charge in [0.05, 0.1) is 31.6 Å². The molecule has 142 valence electrons. The van der Waals surface area contributed by atoms with E-state index in [0.29, 0.717) is 15.8 Å². The van der Waals surface area contributed by atoms with Crippen LogP contribution in [-0.4, -0.2) is 21.8 Å². The van der Waals surface area contributed by atoms with E-state index in [1.54, 1.807) is 7.11 Å². The van der Waals surface area contributed by atoms with Gasteiger partial charge in [-0.1, -0.05) is 12.1 Å². The molecule has 0 saturated heterocycles. The molecule has 0 amide bonds. The number of halogens is 1. The molecule has 0 aliphatic rings. The van der Waals surface area contributed by atoms with Crippen molar-refractivity contribution in [3.63, 3.8) is 0 Å². The van der Waals surface area contributed by atoms with Crippen LogP contribution < -0.4 is 10.3 Å². The van der Waals surface area contributed by atoms with Crippen molar-refractivity contribution in [2.45, 2.75) is 12.6 Å². The van der Waals surface area contributed by atoms with E-state index in [9.17, 15) is 14.3 Å². The smallest absolute Gasteiger partial charge is 0.271 e. The van der Waals surface area contributed by atoms with Gasteiger partial charge >= 0.3 is 0 Å². The van der Waals surface area contributed by atoms with Crippen molar-refractivity contribution in [1.29, 1.82) is 0 Å². The third kappa shape index (κ3) is 3.54. The van der Waals surface area contributed by atoms with Crippen LogP contribution in [0.2, 0.25) is 0 Å². The van der Waals surface area contributed by atoms with Crippen molar-refractivity contribution in [1.82, 2.24) is 9.55 Å². The van der Waals surface area contributed by atoms with Gasteiger partial charge < -0.3 is 9.84 Å². The minimum Gasteiger partial charge on any atom is -0.497 e. The van der Waals surface area contributed by atoms with Gasteiger partial charge in [-0.15, -0.1) is 11.3 Å². The summed E-state index contributed by atoms with van der Waals surface area (Å²) < 4.78 is 20.1. The number of hydrogen-bond donors (Lipinski definition) is 1. The Morgan fingerprint density at radius 2 is 1.89 bits per heavy atom. The number of aliphatic hydroxyl groups excluding tert-OH is 1. The van der Waals surface area contributed by atoms with E-state index < -0.39 is 6.10 Å². The highest BCUT2D eigenvalue weighted by Crippen LogP contribution is 2.31. The summed E-state index contributed by atoms with van der Waals surface area (Å²) in [6.07, 6.45) is 0.501. The lowest BCUT2D eigenvalue weighted by Gasteiger charge is -2.12. The standard InChI is InChI=1S/C21H17FN2O3S/c1-27-16-8-4-14(5-9-16)19-10-17-20(28-19)21(26)24(12-23-17)11-18(25)13-2-6-15(22)7-3-13/h2-10,12,18,25H,11H2,1H3/t18-/m1/s1. The first-order valence-corrected chi connectivity index (χ1v) is 9.44. The van der Waals surface area contributed by atoms with Crippen LogP contribution in [0.4, 0.5) is 4.39 Å². The monoisotopic (exact) mass is 396 g/mol. The maximum absolute atomic E-state index is 13.0. The van der Waals surface area contributed by atoms with Gasteiger partial charge in [0.2, 0.25) is 0 Å². The minimum atomic E-state index is -0.932. The van der Waals surface area contributed by atoms with Crippen LogP contribution >= 0.6 is 11.3 Å². The van der Waals surface area contributed by atoms with Gasteiger partial charge in [0.1, 0.15) is 16.3 Å². The molecule has 7 heteroatoms. The van der Waals surface area contributed by atoms with Crippen LogP contribution in [0.25, 0.3) is 20.7 Å². The zero-order valence-corrected chi connectivity index (χ0v) is 15.8. The molecule has 1 N–H and O–H groups in total. The lowest BCUT2D eigenvalue weighted by Crippen LogP contribution is -2.23. The number of nitrogens with zero attached hydrogens (tertiary/aromatic N) is 2. The molecule has 1 atom stereocenters. The van der Waals surface area contributed by atoms with E-state index >= 15 is 0 Å². The van der Waals surface area contributed by atoms with E-state index in [4.69, 9.17) is 4.74 Å². The molecule has 5 nitrogen and oxygen atoms in total. The highest BCUT2D eigenvalue weighted by molar-refractivity contribution is 7.22. The third-order valence-electron chi connectivity index (χ3n) is 4.50. The van der Waals surface area contributed by atoms with E-state index in [1.807, 2.05) is 30.3 Å². The summed E-state index contributed by atoms with van der Waals surface area (Å²) in [4.78, 5) is 18.1. The molecule has 0 fully saturated rings. The molecule has 0 aliphatic heterocycles.